The first kappa shape index (κ1) is 12.2. The fraction of sp³-hybridized carbons (Fsp3) is 0.167. The van der Waals surface area contributed by atoms with Crippen LogP contribution in [0.3, 0.4) is 0 Å². The summed E-state index contributed by atoms with van der Waals surface area (Å²) in [6.07, 6.45) is -1.97. The molecule has 0 atom stereocenters. The highest BCUT2D eigenvalue weighted by atomic mass is 19.3. The number of hydrogen-bond donors (Lipinski definition) is 1. The lowest BCUT2D eigenvalue weighted by atomic mass is 10.2. The summed E-state index contributed by atoms with van der Waals surface area (Å²) in [5, 5.41) is 12.6. The van der Waals surface area contributed by atoms with E-state index in [9.17, 15) is 13.6 Å². The summed E-state index contributed by atoms with van der Waals surface area (Å²) in [6.45, 7) is 1.81. The van der Waals surface area contributed by atoms with Crippen LogP contribution in [-0.4, -0.2) is 20.9 Å². The Hall–Kier alpha value is -2.24. The minimum atomic E-state index is -2.90. The van der Waals surface area contributed by atoms with E-state index in [1.54, 1.807) is 18.2 Å². The highest BCUT2D eigenvalue weighted by Crippen LogP contribution is 2.26. The minimum Gasteiger partial charge on any atom is -0.478 e. The maximum absolute atomic E-state index is 12.9. The van der Waals surface area contributed by atoms with Crippen molar-refractivity contribution in [2.75, 3.05) is 0 Å². The van der Waals surface area contributed by atoms with Crippen LogP contribution < -0.4 is 0 Å². The van der Waals surface area contributed by atoms with Crippen molar-refractivity contribution in [2.45, 2.75) is 13.3 Å². The molecule has 18 heavy (non-hydrogen) atoms. The molecule has 0 saturated heterocycles. The number of carboxylic acid groups (broad SMARTS) is 1. The monoisotopic (exact) mass is 252 g/mol. The van der Waals surface area contributed by atoms with Gasteiger partial charge in [0.25, 0.3) is 6.43 Å². The third kappa shape index (κ3) is 2.09. The third-order valence-corrected chi connectivity index (χ3v) is 2.49. The average molecular weight is 252 g/mol. The molecule has 4 nitrogen and oxygen atoms in total. The number of rotatable bonds is 3. The van der Waals surface area contributed by atoms with E-state index in [-0.39, 0.29) is 0 Å². The summed E-state index contributed by atoms with van der Waals surface area (Å²) in [6, 6.07) is 6.76. The molecule has 0 aliphatic carbocycles. The predicted molar refractivity (Wildman–Crippen MR) is 60.2 cm³/mol. The number of aryl methyl sites for hydroxylation is 1. The van der Waals surface area contributed by atoms with Crippen molar-refractivity contribution < 1.29 is 18.7 Å². The highest BCUT2D eigenvalue weighted by molar-refractivity contribution is 5.88. The molecule has 6 heteroatoms. The zero-order valence-electron chi connectivity index (χ0n) is 9.47. The normalized spacial score (nSPS) is 10.9. The van der Waals surface area contributed by atoms with Gasteiger partial charge in [0.1, 0.15) is 11.3 Å². The smallest absolute Gasteiger partial charge is 0.339 e. The Morgan fingerprint density at radius 3 is 2.72 bits per heavy atom. The fourth-order valence-electron chi connectivity index (χ4n) is 1.70. The van der Waals surface area contributed by atoms with Crippen LogP contribution in [0.15, 0.2) is 30.5 Å². The molecule has 1 aromatic carbocycles. The van der Waals surface area contributed by atoms with Crippen molar-refractivity contribution >= 4 is 5.97 Å². The van der Waals surface area contributed by atoms with E-state index in [2.05, 4.69) is 5.10 Å². The fourth-order valence-corrected chi connectivity index (χ4v) is 1.70. The zero-order chi connectivity index (χ0) is 13.3. The molecule has 2 aromatic rings. The van der Waals surface area contributed by atoms with E-state index < -0.39 is 23.7 Å². The second-order valence-corrected chi connectivity index (χ2v) is 3.80. The number of benzene rings is 1. The molecular formula is C12H10F2N2O2. The van der Waals surface area contributed by atoms with Crippen LogP contribution >= 0.6 is 0 Å². The average Bonchev–Trinajstić information content (AvgIpc) is 2.73. The molecule has 0 spiro atoms. The molecule has 0 aliphatic heterocycles. The first-order valence-electron chi connectivity index (χ1n) is 5.17. The van der Waals surface area contributed by atoms with Crippen LogP contribution in [0.25, 0.3) is 5.69 Å². The third-order valence-electron chi connectivity index (χ3n) is 2.49. The van der Waals surface area contributed by atoms with Crippen molar-refractivity contribution in [3.8, 4) is 5.69 Å². The Bertz CT molecular complexity index is 594. The van der Waals surface area contributed by atoms with Gasteiger partial charge in [0.2, 0.25) is 0 Å². The van der Waals surface area contributed by atoms with Gasteiger partial charge in [-0.1, -0.05) is 12.1 Å². The first-order chi connectivity index (χ1) is 8.50. The molecule has 1 N–H and O–H groups in total. The predicted octanol–water partition coefficient (Wildman–Crippen LogP) is 2.82. The van der Waals surface area contributed by atoms with E-state index in [1.807, 2.05) is 13.0 Å². The van der Waals surface area contributed by atoms with Crippen LogP contribution in [-0.2, 0) is 0 Å². The van der Waals surface area contributed by atoms with E-state index in [4.69, 9.17) is 5.11 Å². The highest BCUT2D eigenvalue weighted by Gasteiger charge is 2.24. The summed E-state index contributed by atoms with van der Waals surface area (Å²) in [7, 11) is 0. The number of carboxylic acids is 1. The van der Waals surface area contributed by atoms with Gasteiger partial charge in [-0.05, 0) is 24.6 Å². The summed E-state index contributed by atoms with van der Waals surface area (Å²) in [5.74, 6) is -1.41. The van der Waals surface area contributed by atoms with E-state index in [0.29, 0.717) is 5.69 Å². The largest absolute Gasteiger partial charge is 0.478 e. The van der Waals surface area contributed by atoms with Gasteiger partial charge >= 0.3 is 5.97 Å². The molecule has 0 saturated carbocycles. The molecule has 0 fully saturated rings. The number of aromatic nitrogens is 2. The lowest BCUT2D eigenvalue weighted by Gasteiger charge is -2.08. The van der Waals surface area contributed by atoms with Gasteiger partial charge in [-0.2, -0.15) is 5.10 Å². The Balaban J connectivity index is 2.61. The van der Waals surface area contributed by atoms with Gasteiger partial charge in [-0.15, -0.1) is 0 Å². The molecular weight excluding hydrogens is 242 g/mol. The molecule has 2 rings (SSSR count). The molecule has 0 amide bonds. The van der Waals surface area contributed by atoms with Gasteiger partial charge in [0.05, 0.1) is 11.9 Å². The number of alkyl halides is 2. The second-order valence-electron chi connectivity index (χ2n) is 3.80. The Morgan fingerprint density at radius 2 is 2.17 bits per heavy atom. The lowest BCUT2D eigenvalue weighted by Crippen LogP contribution is -2.07. The second kappa shape index (κ2) is 4.56. The maximum atomic E-state index is 12.9. The standard InChI is InChI=1S/C12H10F2N2O2/c1-7-3-2-4-8(5-7)16-10(11(13)14)9(6-15-16)12(17)18/h2-6,11H,1H3,(H,17,18). The Morgan fingerprint density at radius 1 is 1.44 bits per heavy atom. The van der Waals surface area contributed by atoms with Gasteiger partial charge in [-0.3, -0.25) is 0 Å². The number of halogens is 2. The van der Waals surface area contributed by atoms with Crippen molar-refractivity contribution in [1.82, 2.24) is 9.78 Å². The Labute approximate surface area is 101 Å². The van der Waals surface area contributed by atoms with Crippen molar-refractivity contribution in [2.24, 2.45) is 0 Å². The summed E-state index contributed by atoms with van der Waals surface area (Å²) < 4.78 is 26.8. The van der Waals surface area contributed by atoms with Crippen LogP contribution in [0.1, 0.15) is 28.0 Å². The minimum absolute atomic E-state index is 0.415. The molecule has 0 unspecified atom stereocenters. The lowest BCUT2D eigenvalue weighted by molar-refractivity contribution is 0.0683. The first-order valence-corrected chi connectivity index (χ1v) is 5.17. The Kier molecular flexibility index (Phi) is 3.10. The summed E-state index contributed by atoms with van der Waals surface area (Å²) in [5.41, 5.74) is 0.206. The molecule has 1 aromatic heterocycles. The van der Waals surface area contributed by atoms with Crippen molar-refractivity contribution in [3.05, 3.63) is 47.3 Å². The molecule has 0 aliphatic rings. The zero-order valence-corrected chi connectivity index (χ0v) is 9.47. The maximum Gasteiger partial charge on any atom is 0.339 e. The number of aromatic carboxylic acids is 1. The van der Waals surface area contributed by atoms with Crippen LogP contribution in [0, 0.1) is 6.92 Å². The van der Waals surface area contributed by atoms with E-state index >= 15 is 0 Å². The van der Waals surface area contributed by atoms with Gasteiger partial charge in [-0.25, -0.2) is 18.3 Å². The molecule has 94 valence electrons. The number of hydrogen-bond acceptors (Lipinski definition) is 2. The van der Waals surface area contributed by atoms with Crippen molar-refractivity contribution in [1.29, 1.82) is 0 Å². The molecule has 0 radical (unpaired) electrons. The van der Waals surface area contributed by atoms with E-state index in [1.165, 1.54) is 0 Å². The molecule has 0 bridgehead atoms. The van der Waals surface area contributed by atoms with Crippen LogP contribution in [0.5, 0.6) is 0 Å². The van der Waals surface area contributed by atoms with Gasteiger partial charge in [0.15, 0.2) is 0 Å². The van der Waals surface area contributed by atoms with Crippen LogP contribution in [0.4, 0.5) is 8.78 Å². The van der Waals surface area contributed by atoms with E-state index in [0.717, 1.165) is 16.4 Å². The summed E-state index contributed by atoms with van der Waals surface area (Å²) in [4.78, 5) is 10.9. The SMILES string of the molecule is Cc1cccc(-n2ncc(C(=O)O)c2C(F)F)c1. The number of nitrogens with zero attached hydrogens (tertiary/aromatic N) is 2. The topological polar surface area (TPSA) is 55.1 Å². The summed E-state index contributed by atoms with van der Waals surface area (Å²) >= 11 is 0. The number of carbonyl (C=O) groups is 1. The molecule has 1 heterocycles. The van der Waals surface area contributed by atoms with Crippen molar-refractivity contribution in [3.63, 3.8) is 0 Å². The van der Waals surface area contributed by atoms with Gasteiger partial charge < -0.3 is 5.11 Å². The van der Waals surface area contributed by atoms with Gasteiger partial charge in [0, 0.05) is 0 Å². The quantitative estimate of drug-likeness (QED) is 0.913. The van der Waals surface area contributed by atoms with Crippen LogP contribution in [0.2, 0.25) is 0 Å².